The summed E-state index contributed by atoms with van der Waals surface area (Å²) in [4.78, 5) is 11.6. The molecule has 0 aliphatic carbocycles. The Balaban J connectivity index is 1.86. The van der Waals surface area contributed by atoms with Crippen LogP contribution < -0.4 is 19.7 Å². The second-order valence-corrected chi connectivity index (χ2v) is 6.80. The minimum absolute atomic E-state index is 0.385. The number of nitrogens with zero attached hydrogens (tertiary/aromatic N) is 3. The van der Waals surface area contributed by atoms with Crippen LogP contribution in [-0.4, -0.2) is 36.8 Å². The van der Waals surface area contributed by atoms with Crippen molar-refractivity contribution in [1.82, 2.24) is 9.97 Å². The molecule has 6 heteroatoms. The van der Waals surface area contributed by atoms with E-state index < -0.39 is 0 Å². The van der Waals surface area contributed by atoms with Crippen molar-refractivity contribution < 1.29 is 9.47 Å². The molecule has 0 amide bonds. The molecule has 0 saturated heterocycles. The SMILES string of the molecule is CCC(C)Nc1cc(C)nc(N2CCc3cc(OC)c(OC)cc3C2)n1. The Hall–Kier alpha value is -2.50. The summed E-state index contributed by atoms with van der Waals surface area (Å²) in [5.41, 5.74) is 3.50. The van der Waals surface area contributed by atoms with E-state index in [4.69, 9.17) is 14.5 Å². The van der Waals surface area contributed by atoms with Gasteiger partial charge in [-0.05, 0) is 49.9 Å². The summed E-state index contributed by atoms with van der Waals surface area (Å²) < 4.78 is 10.9. The standard InChI is InChI=1S/C20H28N4O2/c1-6-13(2)21-19-9-14(3)22-20(23-19)24-8-7-15-10-17(25-4)18(26-5)11-16(15)12-24/h9-11,13H,6-8,12H2,1-5H3,(H,21,22,23). The summed E-state index contributed by atoms with van der Waals surface area (Å²) in [5, 5.41) is 3.45. The molecule has 26 heavy (non-hydrogen) atoms. The minimum Gasteiger partial charge on any atom is -0.493 e. The molecule has 0 fully saturated rings. The van der Waals surface area contributed by atoms with Crippen LogP contribution in [0.1, 0.15) is 37.1 Å². The predicted molar refractivity (Wildman–Crippen MR) is 104 cm³/mol. The summed E-state index contributed by atoms with van der Waals surface area (Å²) in [5.74, 6) is 3.21. The van der Waals surface area contributed by atoms with E-state index >= 15 is 0 Å². The maximum Gasteiger partial charge on any atom is 0.227 e. The van der Waals surface area contributed by atoms with Gasteiger partial charge in [0.2, 0.25) is 5.95 Å². The maximum atomic E-state index is 5.45. The van der Waals surface area contributed by atoms with E-state index in [2.05, 4.69) is 41.2 Å². The summed E-state index contributed by atoms with van der Waals surface area (Å²) in [6, 6.07) is 6.53. The molecule has 140 valence electrons. The molecule has 0 saturated carbocycles. The molecule has 1 aromatic heterocycles. The maximum absolute atomic E-state index is 5.45. The highest BCUT2D eigenvalue weighted by atomic mass is 16.5. The molecule has 0 radical (unpaired) electrons. The molecule has 6 nitrogen and oxygen atoms in total. The van der Waals surface area contributed by atoms with E-state index in [-0.39, 0.29) is 0 Å². The van der Waals surface area contributed by atoms with Crippen LogP contribution in [0.3, 0.4) is 0 Å². The van der Waals surface area contributed by atoms with Crippen molar-refractivity contribution >= 4 is 11.8 Å². The van der Waals surface area contributed by atoms with Gasteiger partial charge in [0.25, 0.3) is 0 Å². The molecule has 0 bridgehead atoms. The first-order valence-electron chi connectivity index (χ1n) is 9.15. The lowest BCUT2D eigenvalue weighted by Gasteiger charge is -2.30. The number of rotatable bonds is 6. The highest BCUT2D eigenvalue weighted by Gasteiger charge is 2.22. The highest BCUT2D eigenvalue weighted by Crippen LogP contribution is 2.34. The molecule has 2 heterocycles. The molecule has 1 atom stereocenters. The number of aromatic nitrogens is 2. The van der Waals surface area contributed by atoms with Crippen LogP contribution in [0, 0.1) is 6.92 Å². The van der Waals surface area contributed by atoms with Gasteiger partial charge in [-0.3, -0.25) is 0 Å². The van der Waals surface area contributed by atoms with Gasteiger partial charge in [0, 0.05) is 30.9 Å². The Morgan fingerprint density at radius 2 is 1.81 bits per heavy atom. The average Bonchev–Trinajstić information content (AvgIpc) is 2.65. The lowest BCUT2D eigenvalue weighted by molar-refractivity contribution is 0.353. The van der Waals surface area contributed by atoms with E-state index in [1.807, 2.05) is 13.0 Å². The molecule has 1 aliphatic rings. The Morgan fingerprint density at radius 1 is 1.12 bits per heavy atom. The normalized spacial score (nSPS) is 14.6. The topological polar surface area (TPSA) is 59.5 Å². The number of benzene rings is 1. The Bertz CT molecular complexity index is 779. The van der Waals surface area contributed by atoms with Crippen molar-refractivity contribution in [3.63, 3.8) is 0 Å². The van der Waals surface area contributed by atoms with Crippen LogP contribution in [0.5, 0.6) is 11.5 Å². The summed E-state index contributed by atoms with van der Waals surface area (Å²) in [6.07, 6.45) is 1.98. The van der Waals surface area contributed by atoms with Gasteiger partial charge in [0.15, 0.2) is 11.5 Å². The lowest BCUT2D eigenvalue weighted by Crippen LogP contribution is -2.32. The van der Waals surface area contributed by atoms with Crippen LogP contribution in [-0.2, 0) is 13.0 Å². The van der Waals surface area contributed by atoms with Gasteiger partial charge >= 0.3 is 0 Å². The number of ether oxygens (including phenoxy) is 2. The Morgan fingerprint density at radius 3 is 2.46 bits per heavy atom. The fraction of sp³-hybridized carbons (Fsp3) is 0.500. The van der Waals surface area contributed by atoms with E-state index in [0.717, 1.165) is 54.9 Å². The Labute approximate surface area is 155 Å². The number of aryl methyl sites for hydroxylation is 1. The largest absolute Gasteiger partial charge is 0.493 e. The van der Waals surface area contributed by atoms with Crippen LogP contribution in [0.2, 0.25) is 0 Å². The molecule has 1 N–H and O–H groups in total. The molecule has 0 spiro atoms. The number of methoxy groups -OCH3 is 2. The molecule has 2 aromatic rings. The summed E-state index contributed by atoms with van der Waals surface area (Å²) >= 11 is 0. The quantitative estimate of drug-likeness (QED) is 0.854. The van der Waals surface area contributed by atoms with Crippen LogP contribution in [0.4, 0.5) is 11.8 Å². The van der Waals surface area contributed by atoms with Gasteiger partial charge in [0.05, 0.1) is 14.2 Å². The smallest absolute Gasteiger partial charge is 0.227 e. The van der Waals surface area contributed by atoms with Gasteiger partial charge in [-0.2, -0.15) is 4.98 Å². The van der Waals surface area contributed by atoms with Gasteiger partial charge in [0.1, 0.15) is 5.82 Å². The fourth-order valence-electron chi connectivity index (χ4n) is 3.18. The van der Waals surface area contributed by atoms with Crippen molar-refractivity contribution in [1.29, 1.82) is 0 Å². The van der Waals surface area contributed by atoms with Gasteiger partial charge in [-0.1, -0.05) is 6.92 Å². The third-order valence-corrected chi connectivity index (χ3v) is 4.85. The first kappa shape index (κ1) is 18.3. The first-order valence-corrected chi connectivity index (χ1v) is 9.15. The van der Waals surface area contributed by atoms with Crippen molar-refractivity contribution in [2.24, 2.45) is 0 Å². The zero-order valence-electron chi connectivity index (χ0n) is 16.3. The molecule has 1 unspecified atom stereocenters. The summed E-state index contributed by atoms with van der Waals surface area (Å²) in [7, 11) is 3.34. The van der Waals surface area contributed by atoms with Crippen LogP contribution in [0.25, 0.3) is 0 Å². The average molecular weight is 356 g/mol. The molecule has 3 rings (SSSR count). The second kappa shape index (κ2) is 7.81. The number of nitrogens with one attached hydrogen (secondary N) is 1. The van der Waals surface area contributed by atoms with Gasteiger partial charge < -0.3 is 19.7 Å². The number of fused-ring (bicyclic) bond motifs is 1. The van der Waals surface area contributed by atoms with E-state index in [9.17, 15) is 0 Å². The molecule has 1 aliphatic heterocycles. The van der Waals surface area contributed by atoms with Crippen molar-refractivity contribution in [3.8, 4) is 11.5 Å². The van der Waals surface area contributed by atoms with Crippen molar-refractivity contribution in [2.75, 3.05) is 31.0 Å². The van der Waals surface area contributed by atoms with Crippen LogP contribution >= 0.6 is 0 Å². The third-order valence-electron chi connectivity index (χ3n) is 4.85. The Kier molecular flexibility index (Phi) is 5.49. The monoisotopic (exact) mass is 356 g/mol. The van der Waals surface area contributed by atoms with Crippen LogP contribution in [0.15, 0.2) is 18.2 Å². The second-order valence-electron chi connectivity index (χ2n) is 6.80. The van der Waals surface area contributed by atoms with E-state index in [0.29, 0.717) is 6.04 Å². The fourth-order valence-corrected chi connectivity index (χ4v) is 3.18. The molecular formula is C20H28N4O2. The van der Waals surface area contributed by atoms with E-state index in [1.165, 1.54) is 11.1 Å². The molecule has 1 aromatic carbocycles. The van der Waals surface area contributed by atoms with Crippen molar-refractivity contribution in [3.05, 3.63) is 35.0 Å². The highest BCUT2D eigenvalue weighted by molar-refractivity contribution is 5.52. The summed E-state index contributed by atoms with van der Waals surface area (Å²) in [6.45, 7) is 7.99. The van der Waals surface area contributed by atoms with E-state index in [1.54, 1.807) is 14.2 Å². The molecular weight excluding hydrogens is 328 g/mol. The minimum atomic E-state index is 0.385. The lowest BCUT2D eigenvalue weighted by atomic mass is 9.99. The number of hydrogen-bond donors (Lipinski definition) is 1. The zero-order chi connectivity index (χ0) is 18.7. The predicted octanol–water partition coefficient (Wildman–Crippen LogP) is 3.58. The zero-order valence-corrected chi connectivity index (χ0v) is 16.3. The van der Waals surface area contributed by atoms with Gasteiger partial charge in [-0.15, -0.1) is 0 Å². The van der Waals surface area contributed by atoms with Crippen molar-refractivity contribution in [2.45, 2.75) is 46.2 Å². The number of anilines is 2. The third kappa shape index (κ3) is 3.84. The number of hydrogen-bond acceptors (Lipinski definition) is 6. The first-order chi connectivity index (χ1) is 12.5. The van der Waals surface area contributed by atoms with Gasteiger partial charge in [-0.25, -0.2) is 4.98 Å².